The molecule has 0 spiro atoms. The molecule has 6 heteroatoms. The molecule has 0 saturated heterocycles. The summed E-state index contributed by atoms with van der Waals surface area (Å²) in [5.41, 5.74) is 0.524. The standard InChI is InChI=1S/C10H8F2N2OS/c1-15-5-2-3-7-6(4-5)10(16)14-9(13-7)8(11)12/h2-4,8H,1H3,(H,13,14,16). The van der Waals surface area contributed by atoms with Crippen LogP contribution in [0.5, 0.6) is 5.75 Å². The SMILES string of the molecule is COc1ccc2[nH]c(C(F)F)nc(=S)c2c1. The fourth-order valence-electron chi connectivity index (χ4n) is 1.38. The lowest BCUT2D eigenvalue weighted by atomic mass is 10.2. The van der Waals surface area contributed by atoms with Crippen LogP contribution < -0.4 is 4.74 Å². The fourth-order valence-corrected chi connectivity index (χ4v) is 1.64. The van der Waals surface area contributed by atoms with Crippen LogP contribution in [0.15, 0.2) is 18.2 Å². The number of hydrogen-bond donors (Lipinski definition) is 1. The second-order valence-electron chi connectivity index (χ2n) is 3.14. The van der Waals surface area contributed by atoms with E-state index in [1.165, 1.54) is 7.11 Å². The van der Waals surface area contributed by atoms with Gasteiger partial charge in [0, 0.05) is 5.39 Å². The largest absolute Gasteiger partial charge is 0.497 e. The zero-order chi connectivity index (χ0) is 11.7. The Morgan fingerprint density at radius 3 is 2.81 bits per heavy atom. The van der Waals surface area contributed by atoms with Gasteiger partial charge < -0.3 is 9.72 Å². The highest BCUT2D eigenvalue weighted by molar-refractivity contribution is 7.71. The van der Waals surface area contributed by atoms with Gasteiger partial charge in [0.15, 0.2) is 5.82 Å². The molecule has 0 fully saturated rings. The van der Waals surface area contributed by atoms with E-state index >= 15 is 0 Å². The highest BCUT2D eigenvalue weighted by Crippen LogP contribution is 2.22. The van der Waals surface area contributed by atoms with Gasteiger partial charge in [0.05, 0.1) is 12.6 Å². The molecule has 0 bridgehead atoms. The lowest BCUT2D eigenvalue weighted by Crippen LogP contribution is -1.96. The Balaban J connectivity index is 2.71. The monoisotopic (exact) mass is 242 g/mol. The first-order valence-corrected chi connectivity index (χ1v) is 4.89. The summed E-state index contributed by atoms with van der Waals surface area (Å²) in [4.78, 5) is 6.17. The molecule has 1 heterocycles. The van der Waals surface area contributed by atoms with E-state index in [0.717, 1.165) is 0 Å². The van der Waals surface area contributed by atoms with Crippen LogP contribution in [0.3, 0.4) is 0 Å². The van der Waals surface area contributed by atoms with Gasteiger partial charge in [-0.05, 0) is 18.2 Å². The lowest BCUT2D eigenvalue weighted by molar-refractivity contribution is 0.140. The Bertz CT molecular complexity index is 583. The van der Waals surface area contributed by atoms with Crippen LogP contribution in [-0.2, 0) is 0 Å². The minimum Gasteiger partial charge on any atom is -0.497 e. The van der Waals surface area contributed by atoms with Gasteiger partial charge >= 0.3 is 0 Å². The summed E-state index contributed by atoms with van der Waals surface area (Å²) in [5, 5.41) is 0.596. The van der Waals surface area contributed by atoms with Crippen molar-refractivity contribution in [2.45, 2.75) is 6.43 Å². The molecule has 0 saturated carbocycles. The maximum absolute atomic E-state index is 12.5. The molecule has 16 heavy (non-hydrogen) atoms. The predicted octanol–water partition coefficient (Wildman–Crippen LogP) is 3.24. The van der Waals surface area contributed by atoms with Gasteiger partial charge in [0.25, 0.3) is 6.43 Å². The molecule has 2 aromatic rings. The summed E-state index contributed by atoms with van der Waals surface area (Å²) in [6, 6.07) is 4.97. The fraction of sp³-hybridized carbons (Fsp3) is 0.200. The normalized spacial score (nSPS) is 11.0. The van der Waals surface area contributed by atoms with E-state index in [0.29, 0.717) is 16.7 Å². The zero-order valence-electron chi connectivity index (χ0n) is 8.33. The highest BCUT2D eigenvalue weighted by atomic mass is 32.1. The van der Waals surface area contributed by atoms with E-state index < -0.39 is 12.2 Å². The summed E-state index contributed by atoms with van der Waals surface area (Å²) < 4.78 is 30.1. The van der Waals surface area contributed by atoms with Gasteiger partial charge in [0.1, 0.15) is 10.4 Å². The average molecular weight is 242 g/mol. The van der Waals surface area contributed by atoms with Crippen molar-refractivity contribution in [3.63, 3.8) is 0 Å². The van der Waals surface area contributed by atoms with E-state index in [4.69, 9.17) is 17.0 Å². The number of hydrogen-bond acceptors (Lipinski definition) is 3. The van der Waals surface area contributed by atoms with Crippen molar-refractivity contribution < 1.29 is 13.5 Å². The summed E-state index contributed by atoms with van der Waals surface area (Å²) in [6.45, 7) is 0. The van der Waals surface area contributed by atoms with Crippen LogP contribution in [-0.4, -0.2) is 17.1 Å². The molecule has 0 unspecified atom stereocenters. The van der Waals surface area contributed by atoms with Gasteiger partial charge in [-0.2, -0.15) is 0 Å². The smallest absolute Gasteiger partial charge is 0.295 e. The van der Waals surface area contributed by atoms with E-state index in [9.17, 15) is 8.78 Å². The number of aromatic nitrogens is 2. The number of benzene rings is 1. The Hall–Kier alpha value is -1.56. The third-order valence-electron chi connectivity index (χ3n) is 2.15. The number of halogens is 2. The van der Waals surface area contributed by atoms with Crippen molar-refractivity contribution in [2.24, 2.45) is 0 Å². The molecular weight excluding hydrogens is 234 g/mol. The number of nitrogens with one attached hydrogen (secondary N) is 1. The number of alkyl halides is 2. The first-order chi connectivity index (χ1) is 7.61. The minimum absolute atomic E-state index is 0.142. The maximum Gasteiger partial charge on any atom is 0.295 e. The molecule has 0 radical (unpaired) electrons. The first-order valence-electron chi connectivity index (χ1n) is 4.48. The molecule has 0 aliphatic rings. The summed E-state index contributed by atoms with van der Waals surface area (Å²) in [6.07, 6.45) is -2.66. The topological polar surface area (TPSA) is 37.9 Å². The second kappa shape index (κ2) is 4.13. The molecule has 1 aromatic heterocycles. The van der Waals surface area contributed by atoms with Crippen molar-refractivity contribution in [3.8, 4) is 5.75 Å². The summed E-state index contributed by atoms with van der Waals surface area (Å²) in [5.74, 6) is 0.196. The molecule has 84 valence electrons. The summed E-state index contributed by atoms with van der Waals surface area (Å²) >= 11 is 4.95. The number of fused-ring (bicyclic) bond motifs is 1. The molecule has 0 amide bonds. The Morgan fingerprint density at radius 1 is 1.44 bits per heavy atom. The first kappa shape index (κ1) is 10.9. The van der Waals surface area contributed by atoms with Crippen molar-refractivity contribution >= 4 is 23.1 Å². The quantitative estimate of drug-likeness (QED) is 0.821. The molecule has 0 aliphatic carbocycles. The van der Waals surface area contributed by atoms with E-state index in [-0.39, 0.29) is 4.64 Å². The average Bonchev–Trinajstić information content (AvgIpc) is 2.28. The van der Waals surface area contributed by atoms with Crippen molar-refractivity contribution in [1.82, 2.24) is 9.97 Å². The number of ether oxygens (including phenoxy) is 1. The van der Waals surface area contributed by atoms with Crippen LogP contribution in [0.4, 0.5) is 8.78 Å². The Kier molecular flexibility index (Phi) is 2.82. The third kappa shape index (κ3) is 1.88. The number of nitrogens with zero attached hydrogens (tertiary/aromatic N) is 1. The molecule has 2 rings (SSSR count). The van der Waals surface area contributed by atoms with Crippen molar-refractivity contribution in [3.05, 3.63) is 28.7 Å². The third-order valence-corrected chi connectivity index (χ3v) is 2.46. The highest BCUT2D eigenvalue weighted by Gasteiger charge is 2.11. The number of H-pyrrole nitrogens is 1. The van der Waals surface area contributed by atoms with Crippen LogP contribution in [0.2, 0.25) is 0 Å². The van der Waals surface area contributed by atoms with Gasteiger partial charge in [-0.1, -0.05) is 12.2 Å². The van der Waals surface area contributed by atoms with Crippen LogP contribution >= 0.6 is 12.2 Å². The van der Waals surface area contributed by atoms with Gasteiger partial charge in [0.2, 0.25) is 0 Å². The molecule has 1 N–H and O–H groups in total. The van der Waals surface area contributed by atoms with Crippen LogP contribution in [0.1, 0.15) is 12.2 Å². The van der Waals surface area contributed by atoms with E-state index in [2.05, 4.69) is 9.97 Å². The van der Waals surface area contributed by atoms with Gasteiger partial charge in [-0.3, -0.25) is 0 Å². The number of rotatable bonds is 2. The van der Waals surface area contributed by atoms with Crippen molar-refractivity contribution in [1.29, 1.82) is 0 Å². The van der Waals surface area contributed by atoms with Crippen LogP contribution in [0, 0.1) is 4.64 Å². The summed E-state index contributed by atoms with van der Waals surface area (Å²) in [7, 11) is 1.52. The molecule has 1 aromatic carbocycles. The number of methoxy groups -OCH3 is 1. The predicted molar refractivity (Wildman–Crippen MR) is 58.4 cm³/mol. The zero-order valence-corrected chi connectivity index (χ0v) is 9.15. The Labute approximate surface area is 95.1 Å². The molecule has 0 aliphatic heterocycles. The van der Waals surface area contributed by atoms with Crippen LogP contribution in [0.25, 0.3) is 10.9 Å². The van der Waals surface area contributed by atoms with Gasteiger partial charge in [-0.25, -0.2) is 13.8 Å². The number of aromatic amines is 1. The maximum atomic E-state index is 12.5. The minimum atomic E-state index is -2.66. The van der Waals surface area contributed by atoms with E-state index in [1.54, 1.807) is 18.2 Å². The molecule has 0 atom stereocenters. The van der Waals surface area contributed by atoms with Crippen molar-refractivity contribution in [2.75, 3.05) is 7.11 Å². The molecular formula is C10H8F2N2OS. The van der Waals surface area contributed by atoms with E-state index in [1.807, 2.05) is 0 Å². The lowest BCUT2D eigenvalue weighted by Gasteiger charge is -2.05. The second-order valence-corrected chi connectivity index (χ2v) is 3.53. The van der Waals surface area contributed by atoms with Gasteiger partial charge in [-0.15, -0.1) is 0 Å². The Morgan fingerprint density at radius 2 is 2.19 bits per heavy atom. The molecule has 3 nitrogen and oxygen atoms in total.